The number of carbonyl (C=O) groups is 2. The van der Waals surface area contributed by atoms with E-state index in [2.05, 4.69) is 0 Å². The first-order chi connectivity index (χ1) is 7.15. The lowest BCUT2D eigenvalue weighted by Crippen LogP contribution is -2.30. The van der Waals surface area contributed by atoms with Gasteiger partial charge in [-0.05, 0) is 24.6 Å². The molecule has 1 heterocycles. The van der Waals surface area contributed by atoms with E-state index in [0.717, 1.165) is 6.42 Å². The van der Waals surface area contributed by atoms with Gasteiger partial charge in [0.25, 0.3) is 11.7 Å². The number of halogens is 1. The largest absolute Gasteiger partial charge is 0.305 e. The van der Waals surface area contributed by atoms with Crippen molar-refractivity contribution in [2.45, 2.75) is 13.3 Å². The summed E-state index contributed by atoms with van der Waals surface area (Å²) in [5.41, 5.74) is 0.696. The number of nitrogens with zero attached hydrogens (tertiary/aromatic N) is 1. The summed E-state index contributed by atoms with van der Waals surface area (Å²) in [6.45, 7) is 2.34. The molecule has 78 valence electrons. The van der Waals surface area contributed by atoms with Crippen LogP contribution in [-0.2, 0) is 4.79 Å². The summed E-state index contributed by atoms with van der Waals surface area (Å²) in [4.78, 5) is 24.3. The zero-order valence-electron chi connectivity index (χ0n) is 8.29. The van der Waals surface area contributed by atoms with E-state index in [0.29, 0.717) is 17.8 Å². The van der Waals surface area contributed by atoms with Gasteiger partial charge in [0.05, 0.1) is 11.3 Å². The molecule has 4 heteroatoms. The van der Waals surface area contributed by atoms with Gasteiger partial charge < -0.3 is 4.90 Å². The molecule has 1 aromatic rings. The molecule has 0 atom stereocenters. The van der Waals surface area contributed by atoms with E-state index in [1.54, 1.807) is 0 Å². The molecule has 1 aromatic carbocycles. The predicted octanol–water partition coefficient (Wildman–Crippen LogP) is 1.77. The van der Waals surface area contributed by atoms with E-state index < -0.39 is 17.5 Å². The Balaban J connectivity index is 2.51. The third kappa shape index (κ3) is 1.42. The number of carbonyl (C=O) groups excluding carboxylic acids is 2. The molecule has 0 aliphatic carbocycles. The van der Waals surface area contributed by atoms with Crippen LogP contribution in [0.4, 0.5) is 10.1 Å². The van der Waals surface area contributed by atoms with Gasteiger partial charge >= 0.3 is 0 Å². The second-order valence-corrected chi connectivity index (χ2v) is 3.45. The van der Waals surface area contributed by atoms with Crippen molar-refractivity contribution in [3.8, 4) is 0 Å². The van der Waals surface area contributed by atoms with Gasteiger partial charge in [-0.2, -0.15) is 0 Å². The number of amides is 1. The normalized spacial score (nSPS) is 14.7. The molecule has 0 radical (unpaired) electrons. The van der Waals surface area contributed by atoms with Gasteiger partial charge in [-0.1, -0.05) is 6.92 Å². The molecule has 1 aliphatic heterocycles. The van der Waals surface area contributed by atoms with Crippen LogP contribution in [0, 0.1) is 5.82 Å². The Morgan fingerprint density at radius 1 is 1.33 bits per heavy atom. The average molecular weight is 207 g/mol. The number of benzene rings is 1. The predicted molar refractivity (Wildman–Crippen MR) is 53.4 cm³/mol. The molecule has 3 nitrogen and oxygen atoms in total. The molecule has 0 N–H and O–H groups in total. The Kier molecular flexibility index (Phi) is 2.26. The Morgan fingerprint density at radius 3 is 2.73 bits per heavy atom. The maximum absolute atomic E-state index is 13.0. The van der Waals surface area contributed by atoms with Crippen LogP contribution >= 0.6 is 0 Å². The van der Waals surface area contributed by atoms with E-state index in [1.165, 1.54) is 23.1 Å². The van der Waals surface area contributed by atoms with Crippen molar-refractivity contribution in [1.82, 2.24) is 0 Å². The minimum absolute atomic E-state index is 0.301. The lowest BCUT2D eigenvalue weighted by atomic mass is 10.1. The van der Waals surface area contributed by atoms with Crippen LogP contribution in [0.15, 0.2) is 18.2 Å². The molecule has 0 saturated carbocycles. The lowest BCUT2D eigenvalue weighted by molar-refractivity contribution is -0.114. The van der Waals surface area contributed by atoms with Crippen LogP contribution in [0.25, 0.3) is 0 Å². The first-order valence-electron chi connectivity index (χ1n) is 4.81. The number of rotatable bonds is 2. The molecular formula is C11H10FNO2. The SMILES string of the molecule is CCCN1C(=O)C(=O)c2ccc(F)cc21. The summed E-state index contributed by atoms with van der Waals surface area (Å²) in [5, 5.41) is 0. The van der Waals surface area contributed by atoms with E-state index in [9.17, 15) is 14.0 Å². The van der Waals surface area contributed by atoms with Gasteiger partial charge in [0, 0.05) is 6.54 Å². The second-order valence-electron chi connectivity index (χ2n) is 3.45. The molecule has 15 heavy (non-hydrogen) atoms. The Morgan fingerprint density at radius 2 is 2.07 bits per heavy atom. The summed E-state index contributed by atoms with van der Waals surface area (Å²) < 4.78 is 13.0. The Hall–Kier alpha value is -1.71. The highest BCUT2D eigenvalue weighted by molar-refractivity contribution is 6.52. The third-order valence-electron chi connectivity index (χ3n) is 2.38. The summed E-state index contributed by atoms with van der Waals surface area (Å²) >= 11 is 0. The lowest BCUT2D eigenvalue weighted by Gasteiger charge is -2.14. The first-order valence-corrected chi connectivity index (χ1v) is 4.81. The van der Waals surface area contributed by atoms with E-state index >= 15 is 0 Å². The fourth-order valence-corrected chi connectivity index (χ4v) is 1.71. The topological polar surface area (TPSA) is 37.4 Å². The zero-order valence-corrected chi connectivity index (χ0v) is 8.29. The minimum atomic E-state index is -0.558. The van der Waals surface area contributed by atoms with Crippen molar-refractivity contribution in [3.63, 3.8) is 0 Å². The molecule has 1 amide bonds. The van der Waals surface area contributed by atoms with Gasteiger partial charge in [0.15, 0.2) is 0 Å². The fourth-order valence-electron chi connectivity index (χ4n) is 1.71. The van der Waals surface area contributed by atoms with E-state index in [4.69, 9.17) is 0 Å². The van der Waals surface area contributed by atoms with Crippen molar-refractivity contribution in [2.24, 2.45) is 0 Å². The molecule has 0 bridgehead atoms. The number of hydrogen-bond donors (Lipinski definition) is 0. The monoisotopic (exact) mass is 207 g/mol. The maximum atomic E-state index is 13.0. The Bertz CT molecular complexity index is 442. The van der Waals surface area contributed by atoms with Crippen LogP contribution in [0.3, 0.4) is 0 Å². The maximum Gasteiger partial charge on any atom is 0.299 e. The van der Waals surface area contributed by atoms with Crippen molar-refractivity contribution in [2.75, 3.05) is 11.4 Å². The molecule has 0 aromatic heterocycles. The van der Waals surface area contributed by atoms with Gasteiger partial charge in [0.2, 0.25) is 0 Å². The molecule has 1 aliphatic rings. The van der Waals surface area contributed by atoms with E-state index in [-0.39, 0.29) is 0 Å². The van der Waals surface area contributed by atoms with E-state index in [1.807, 2.05) is 6.92 Å². The standard InChI is InChI=1S/C11H10FNO2/c1-2-5-13-9-6-7(12)3-4-8(9)10(14)11(13)15/h3-4,6H,2,5H2,1H3. The highest BCUT2D eigenvalue weighted by atomic mass is 19.1. The molecule has 0 fully saturated rings. The summed E-state index contributed by atoms with van der Waals surface area (Å²) in [6.07, 6.45) is 0.731. The highest BCUT2D eigenvalue weighted by Crippen LogP contribution is 2.29. The number of fused-ring (bicyclic) bond motifs is 1. The second kappa shape index (κ2) is 3.46. The number of hydrogen-bond acceptors (Lipinski definition) is 2. The zero-order chi connectivity index (χ0) is 11.0. The number of Topliss-reactive ketones (excluding diaryl/α,β-unsaturated/α-hetero) is 1. The van der Waals surface area contributed by atoms with Gasteiger partial charge in [-0.15, -0.1) is 0 Å². The van der Waals surface area contributed by atoms with Gasteiger partial charge in [-0.3, -0.25) is 9.59 Å². The van der Waals surface area contributed by atoms with Crippen LogP contribution in [0.5, 0.6) is 0 Å². The summed E-state index contributed by atoms with van der Waals surface area (Å²) in [5.74, 6) is -1.53. The van der Waals surface area contributed by atoms with Crippen LogP contribution in [0.1, 0.15) is 23.7 Å². The van der Waals surface area contributed by atoms with Crippen molar-refractivity contribution >= 4 is 17.4 Å². The average Bonchev–Trinajstić information content (AvgIpc) is 2.44. The summed E-state index contributed by atoms with van der Waals surface area (Å²) in [7, 11) is 0. The number of anilines is 1. The highest BCUT2D eigenvalue weighted by Gasteiger charge is 2.35. The van der Waals surface area contributed by atoms with Crippen molar-refractivity contribution in [3.05, 3.63) is 29.6 Å². The summed E-state index contributed by atoms with van der Waals surface area (Å²) in [6, 6.07) is 3.79. The van der Waals surface area contributed by atoms with Crippen molar-refractivity contribution in [1.29, 1.82) is 0 Å². The quantitative estimate of drug-likeness (QED) is 0.693. The smallest absolute Gasteiger partial charge is 0.299 e. The molecule has 0 unspecified atom stereocenters. The third-order valence-corrected chi connectivity index (χ3v) is 2.38. The van der Waals surface area contributed by atoms with Crippen LogP contribution in [-0.4, -0.2) is 18.2 Å². The van der Waals surface area contributed by atoms with Gasteiger partial charge in [0.1, 0.15) is 5.82 Å². The van der Waals surface area contributed by atoms with Crippen molar-refractivity contribution < 1.29 is 14.0 Å². The van der Waals surface area contributed by atoms with Crippen LogP contribution < -0.4 is 4.90 Å². The Labute approximate surface area is 86.5 Å². The fraction of sp³-hybridized carbons (Fsp3) is 0.273. The number of ketones is 1. The molecular weight excluding hydrogens is 197 g/mol. The van der Waals surface area contributed by atoms with Gasteiger partial charge in [-0.25, -0.2) is 4.39 Å². The van der Waals surface area contributed by atoms with Crippen LogP contribution in [0.2, 0.25) is 0 Å². The first kappa shape index (κ1) is 9.83. The molecule has 2 rings (SSSR count). The minimum Gasteiger partial charge on any atom is -0.305 e. The molecule has 0 spiro atoms. The molecule has 0 saturated heterocycles.